The zero-order chi connectivity index (χ0) is 11.7. The van der Waals surface area contributed by atoms with Crippen molar-refractivity contribution >= 4 is 17.4 Å². The molecule has 2 heterocycles. The number of fused-ring (bicyclic) bond motifs is 1. The number of hydrogen-bond donors (Lipinski definition) is 2. The van der Waals surface area contributed by atoms with Crippen molar-refractivity contribution in [3.63, 3.8) is 0 Å². The molecule has 0 aliphatic rings. The van der Waals surface area contributed by atoms with Crippen molar-refractivity contribution in [3.8, 4) is 0 Å². The molecule has 0 saturated carbocycles. The van der Waals surface area contributed by atoms with Crippen LogP contribution in [-0.4, -0.2) is 37.2 Å². The standard InChI is InChI=1S/C9H11N5O2/c1-3-10-7-8-13-12-5(2)14(8)4-6(11-7)9(15)16/h4H,3H2,1-2H3,(H,10,11)(H,15,16). The average molecular weight is 221 g/mol. The number of aromatic carboxylic acids is 1. The number of carboxylic acid groups (broad SMARTS) is 1. The normalized spacial score (nSPS) is 10.6. The number of aryl methyl sites for hydroxylation is 1. The quantitative estimate of drug-likeness (QED) is 0.786. The van der Waals surface area contributed by atoms with Gasteiger partial charge >= 0.3 is 5.97 Å². The molecule has 0 aliphatic carbocycles. The summed E-state index contributed by atoms with van der Waals surface area (Å²) in [7, 11) is 0. The van der Waals surface area contributed by atoms with Crippen LogP contribution in [0.25, 0.3) is 5.65 Å². The minimum absolute atomic E-state index is 0.0358. The number of aromatic nitrogens is 4. The van der Waals surface area contributed by atoms with E-state index in [1.165, 1.54) is 6.20 Å². The van der Waals surface area contributed by atoms with Gasteiger partial charge in [0, 0.05) is 12.7 Å². The fraction of sp³-hybridized carbons (Fsp3) is 0.333. The van der Waals surface area contributed by atoms with Gasteiger partial charge in [0.15, 0.2) is 11.5 Å². The second kappa shape index (κ2) is 3.76. The molecule has 0 saturated heterocycles. The first-order valence-corrected chi connectivity index (χ1v) is 4.83. The highest BCUT2D eigenvalue weighted by Gasteiger charge is 2.13. The summed E-state index contributed by atoms with van der Waals surface area (Å²) in [4.78, 5) is 14.9. The van der Waals surface area contributed by atoms with Crippen molar-refractivity contribution in [2.24, 2.45) is 0 Å². The molecule has 0 radical (unpaired) electrons. The molecular weight excluding hydrogens is 210 g/mol. The van der Waals surface area contributed by atoms with Crippen LogP contribution in [0.2, 0.25) is 0 Å². The second-order valence-electron chi connectivity index (χ2n) is 3.25. The molecule has 0 fully saturated rings. The number of nitrogens with zero attached hydrogens (tertiary/aromatic N) is 4. The molecule has 7 nitrogen and oxygen atoms in total. The lowest BCUT2D eigenvalue weighted by atomic mass is 10.4. The smallest absolute Gasteiger partial charge is 0.356 e. The lowest BCUT2D eigenvalue weighted by molar-refractivity contribution is 0.0690. The zero-order valence-electron chi connectivity index (χ0n) is 8.93. The average Bonchev–Trinajstić information content (AvgIpc) is 2.61. The van der Waals surface area contributed by atoms with E-state index < -0.39 is 5.97 Å². The third kappa shape index (κ3) is 1.56. The second-order valence-corrected chi connectivity index (χ2v) is 3.25. The third-order valence-electron chi connectivity index (χ3n) is 2.13. The third-order valence-corrected chi connectivity index (χ3v) is 2.13. The highest BCUT2D eigenvalue weighted by molar-refractivity contribution is 5.86. The van der Waals surface area contributed by atoms with Gasteiger partial charge in [-0.3, -0.25) is 4.40 Å². The zero-order valence-corrected chi connectivity index (χ0v) is 8.93. The highest BCUT2D eigenvalue weighted by Crippen LogP contribution is 2.14. The summed E-state index contributed by atoms with van der Waals surface area (Å²) in [6, 6.07) is 0. The molecule has 2 N–H and O–H groups in total. The summed E-state index contributed by atoms with van der Waals surface area (Å²) in [5.74, 6) is -0.0174. The maximum absolute atomic E-state index is 10.9. The molecule has 2 aromatic rings. The molecule has 0 amide bonds. The molecule has 0 bridgehead atoms. The van der Waals surface area contributed by atoms with Gasteiger partial charge < -0.3 is 10.4 Å². The number of carboxylic acids is 1. The topological polar surface area (TPSA) is 92.4 Å². The maximum Gasteiger partial charge on any atom is 0.356 e. The Kier molecular flexibility index (Phi) is 2.43. The minimum atomic E-state index is -1.07. The first-order chi connectivity index (χ1) is 7.63. The van der Waals surface area contributed by atoms with Gasteiger partial charge in [-0.25, -0.2) is 9.78 Å². The Bertz CT molecular complexity index is 548. The van der Waals surface area contributed by atoms with E-state index in [-0.39, 0.29) is 5.69 Å². The van der Waals surface area contributed by atoms with Crippen LogP contribution >= 0.6 is 0 Å². The first-order valence-electron chi connectivity index (χ1n) is 4.83. The Morgan fingerprint density at radius 1 is 1.56 bits per heavy atom. The monoisotopic (exact) mass is 221 g/mol. The van der Waals surface area contributed by atoms with E-state index in [9.17, 15) is 4.79 Å². The van der Waals surface area contributed by atoms with Crippen LogP contribution in [0.5, 0.6) is 0 Å². The number of rotatable bonds is 3. The van der Waals surface area contributed by atoms with Gasteiger partial charge in [-0.15, -0.1) is 10.2 Å². The Balaban J connectivity index is 2.70. The van der Waals surface area contributed by atoms with Crippen LogP contribution in [-0.2, 0) is 0 Å². The van der Waals surface area contributed by atoms with E-state index in [1.807, 2.05) is 6.92 Å². The molecule has 84 valence electrons. The molecule has 2 rings (SSSR count). The van der Waals surface area contributed by atoms with Gasteiger partial charge in [-0.05, 0) is 13.8 Å². The van der Waals surface area contributed by atoms with Crippen LogP contribution < -0.4 is 5.32 Å². The Morgan fingerprint density at radius 3 is 2.94 bits per heavy atom. The molecule has 0 unspecified atom stereocenters. The number of anilines is 1. The van der Waals surface area contributed by atoms with Gasteiger partial charge in [0.25, 0.3) is 0 Å². The fourth-order valence-electron chi connectivity index (χ4n) is 1.40. The van der Waals surface area contributed by atoms with Crippen LogP contribution in [0.1, 0.15) is 23.2 Å². The van der Waals surface area contributed by atoms with Gasteiger partial charge in [0.05, 0.1) is 0 Å². The van der Waals surface area contributed by atoms with E-state index in [1.54, 1.807) is 11.3 Å². The molecule has 0 aromatic carbocycles. The van der Waals surface area contributed by atoms with E-state index in [4.69, 9.17) is 5.11 Å². The van der Waals surface area contributed by atoms with Crippen LogP contribution in [0.3, 0.4) is 0 Å². The Hall–Kier alpha value is -2.18. The Labute approximate surface area is 91.1 Å². The van der Waals surface area contributed by atoms with Crippen LogP contribution in [0.4, 0.5) is 5.82 Å². The van der Waals surface area contributed by atoms with Crippen LogP contribution in [0, 0.1) is 6.92 Å². The number of nitrogens with one attached hydrogen (secondary N) is 1. The molecule has 16 heavy (non-hydrogen) atoms. The van der Waals surface area contributed by atoms with E-state index in [0.717, 1.165) is 0 Å². The van der Waals surface area contributed by atoms with Crippen LogP contribution in [0.15, 0.2) is 6.20 Å². The summed E-state index contributed by atoms with van der Waals surface area (Å²) in [5, 5.41) is 19.7. The van der Waals surface area contributed by atoms with Crippen molar-refractivity contribution in [3.05, 3.63) is 17.7 Å². The lowest BCUT2D eigenvalue weighted by Gasteiger charge is -2.05. The molecule has 0 aliphatic heterocycles. The van der Waals surface area contributed by atoms with Gasteiger partial charge in [0.2, 0.25) is 5.65 Å². The molecule has 0 spiro atoms. The molecular formula is C9H11N5O2. The molecule has 7 heteroatoms. The minimum Gasteiger partial charge on any atom is -0.476 e. The summed E-state index contributed by atoms with van der Waals surface area (Å²) < 4.78 is 1.61. The molecule has 0 atom stereocenters. The van der Waals surface area contributed by atoms with Crippen molar-refractivity contribution in [1.29, 1.82) is 0 Å². The predicted molar refractivity (Wildman–Crippen MR) is 56.6 cm³/mol. The SMILES string of the molecule is CCNc1nc(C(=O)O)cn2c(C)nnc12. The predicted octanol–water partition coefficient (Wildman–Crippen LogP) is 0.563. The summed E-state index contributed by atoms with van der Waals surface area (Å²) in [6.07, 6.45) is 1.41. The van der Waals surface area contributed by atoms with Crippen molar-refractivity contribution in [2.75, 3.05) is 11.9 Å². The summed E-state index contributed by atoms with van der Waals surface area (Å²) >= 11 is 0. The number of carbonyl (C=O) groups is 1. The largest absolute Gasteiger partial charge is 0.476 e. The highest BCUT2D eigenvalue weighted by atomic mass is 16.4. The van der Waals surface area contributed by atoms with Crippen molar-refractivity contribution in [2.45, 2.75) is 13.8 Å². The van der Waals surface area contributed by atoms with Gasteiger partial charge in [-0.1, -0.05) is 0 Å². The van der Waals surface area contributed by atoms with Crippen molar-refractivity contribution in [1.82, 2.24) is 19.6 Å². The lowest BCUT2D eigenvalue weighted by Crippen LogP contribution is -2.09. The van der Waals surface area contributed by atoms with E-state index >= 15 is 0 Å². The van der Waals surface area contributed by atoms with Gasteiger partial charge in [-0.2, -0.15) is 0 Å². The maximum atomic E-state index is 10.9. The fourth-order valence-corrected chi connectivity index (χ4v) is 1.40. The first kappa shape index (κ1) is 10.3. The van der Waals surface area contributed by atoms with Crippen molar-refractivity contribution < 1.29 is 9.90 Å². The molecule has 2 aromatic heterocycles. The summed E-state index contributed by atoms with van der Waals surface area (Å²) in [6.45, 7) is 4.29. The van der Waals surface area contributed by atoms with E-state index in [0.29, 0.717) is 23.8 Å². The number of hydrogen-bond acceptors (Lipinski definition) is 5. The van der Waals surface area contributed by atoms with E-state index in [2.05, 4.69) is 20.5 Å². The summed E-state index contributed by atoms with van der Waals surface area (Å²) in [5.41, 5.74) is 0.496. The van der Waals surface area contributed by atoms with Gasteiger partial charge in [0.1, 0.15) is 5.82 Å². The Morgan fingerprint density at radius 2 is 2.31 bits per heavy atom.